The highest BCUT2D eigenvalue weighted by molar-refractivity contribution is 5.65. The van der Waals surface area contributed by atoms with Crippen LogP contribution >= 0.6 is 0 Å². The van der Waals surface area contributed by atoms with Gasteiger partial charge in [0.2, 0.25) is 0 Å². The Morgan fingerprint density at radius 2 is 0.870 bits per heavy atom. The summed E-state index contributed by atoms with van der Waals surface area (Å²) < 4.78 is 24.1. The van der Waals surface area contributed by atoms with E-state index in [1.807, 2.05) is 0 Å². The lowest BCUT2D eigenvalue weighted by Crippen LogP contribution is -2.25. The van der Waals surface area contributed by atoms with Crippen molar-refractivity contribution >= 4 is 12.2 Å². The average Bonchev–Trinajstić information content (AvgIpc) is 3.15. The van der Waals surface area contributed by atoms with Crippen molar-refractivity contribution in [2.75, 3.05) is 13.2 Å². The van der Waals surface area contributed by atoms with E-state index in [1.54, 1.807) is 0 Å². The average molecular weight is 729 g/mol. The molecular weight excluding hydrogens is 665 g/mol. The first kappa shape index (κ1) is 42.4. The molecule has 0 aliphatic carbocycles. The van der Waals surface area contributed by atoms with Crippen LogP contribution in [0.15, 0.2) is 107 Å². The SMILES string of the molecule is CC(/C=C/C=C(C)/C=C/c1c(C)cc(OC2CCCCO2)c(C)c1C)=C\C=C\C=C(C)\C=C\C=C(C)\C=C\c1c(C)cc(OC2CCCCO2)c(C)c1C. The molecule has 2 heterocycles. The van der Waals surface area contributed by atoms with Gasteiger partial charge in [0.25, 0.3) is 0 Å². The molecule has 0 saturated carbocycles. The van der Waals surface area contributed by atoms with Gasteiger partial charge < -0.3 is 18.9 Å². The molecule has 2 aliphatic rings. The van der Waals surface area contributed by atoms with E-state index in [0.717, 1.165) is 63.2 Å². The highest BCUT2D eigenvalue weighted by atomic mass is 16.7. The van der Waals surface area contributed by atoms with Crippen molar-refractivity contribution in [2.45, 2.75) is 120 Å². The molecular formula is C50H64O4. The van der Waals surface area contributed by atoms with E-state index < -0.39 is 0 Å². The van der Waals surface area contributed by atoms with Crippen LogP contribution in [0.25, 0.3) is 12.2 Å². The Hall–Kier alpha value is -4.38. The van der Waals surface area contributed by atoms with Gasteiger partial charge in [-0.3, -0.25) is 0 Å². The van der Waals surface area contributed by atoms with Gasteiger partial charge >= 0.3 is 0 Å². The van der Waals surface area contributed by atoms with Gasteiger partial charge in [-0.15, -0.1) is 0 Å². The van der Waals surface area contributed by atoms with Crippen molar-refractivity contribution in [3.63, 3.8) is 0 Å². The van der Waals surface area contributed by atoms with Gasteiger partial charge in [0.1, 0.15) is 11.5 Å². The van der Waals surface area contributed by atoms with Crippen LogP contribution in [-0.2, 0) is 9.47 Å². The molecule has 288 valence electrons. The highest BCUT2D eigenvalue weighted by Crippen LogP contribution is 2.32. The van der Waals surface area contributed by atoms with E-state index in [2.05, 4.69) is 166 Å². The molecule has 0 aromatic heterocycles. The number of hydrogen-bond acceptors (Lipinski definition) is 4. The van der Waals surface area contributed by atoms with E-state index in [4.69, 9.17) is 18.9 Å². The van der Waals surface area contributed by atoms with Crippen molar-refractivity contribution in [1.82, 2.24) is 0 Å². The zero-order chi connectivity index (χ0) is 39.0. The topological polar surface area (TPSA) is 36.9 Å². The van der Waals surface area contributed by atoms with Gasteiger partial charge in [-0.1, -0.05) is 107 Å². The maximum atomic E-state index is 6.23. The number of hydrogen-bond donors (Lipinski definition) is 0. The smallest absolute Gasteiger partial charge is 0.199 e. The molecule has 0 N–H and O–H groups in total. The minimum atomic E-state index is -0.130. The number of benzene rings is 2. The Bertz CT molecular complexity index is 1720. The molecule has 2 fully saturated rings. The van der Waals surface area contributed by atoms with E-state index in [1.165, 1.54) is 66.8 Å². The molecule has 0 spiro atoms. The first-order valence-corrected chi connectivity index (χ1v) is 19.8. The van der Waals surface area contributed by atoms with Crippen LogP contribution in [0, 0.1) is 41.5 Å². The second kappa shape index (κ2) is 21.5. The molecule has 4 heteroatoms. The minimum Gasteiger partial charge on any atom is -0.465 e. The maximum absolute atomic E-state index is 6.23. The second-order valence-corrected chi connectivity index (χ2v) is 15.0. The lowest BCUT2D eigenvalue weighted by molar-refractivity contribution is -0.106. The fraction of sp³-hybridized carbons (Fsp3) is 0.400. The summed E-state index contributed by atoms with van der Waals surface area (Å²) in [6.07, 6.45) is 36.2. The van der Waals surface area contributed by atoms with Crippen molar-refractivity contribution in [1.29, 1.82) is 0 Å². The first-order chi connectivity index (χ1) is 25.9. The predicted molar refractivity (Wildman–Crippen MR) is 230 cm³/mol. The van der Waals surface area contributed by atoms with Crippen molar-refractivity contribution in [3.8, 4) is 11.5 Å². The molecule has 0 bridgehead atoms. The van der Waals surface area contributed by atoms with E-state index in [9.17, 15) is 0 Å². The third-order valence-corrected chi connectivity index (χ3v) is 10.3. The van der Waals surface area contributed by atoms with Crippen molar-refractivity contribution in [2.24, 2.45) is 0 Å². The second-order valence-electron chi connectivity index (χ2n) is 15.0. The Balaban J connectivity index is 1.26. The molecule has 4 rings (SSSR count). The van der Waals surface area contributed by atoms with Crippen molar-refractivity contribution < 1.29 is 18.9 Å². The predicted octanol–water partition coefficient (Wildman–Crippen LogP) is 13.5. The zero-order valence-electron chi connectivity index (χ0n) is 34.7. The minimum absolute atomic E-state index is 0.130. The Kier molecular flexibility index (Phi) is 16.9. The summed E-state index contributed by atoms with van der Waals surface area (Å²) in [5, 5.41) is 0. The van der Waals surface area contributed by atoms with Crippen LogP contribution in [0.5, 0.6) is 11.5 Å². The molecule has 54 heavy (non-hydrogen) atoms. The van der Waals surface area contributed by atoms with E-state index >= 15 is 0 Å². The van der Waals surface area contributed by atoms with Gasteiger partial charge in [0.15, 0.2) is 12.6 Å². The third kappa shape index (κ3) is 13.2. The monoisotopic (exact) mass is 728 g/mol. The van der Waals surface area contributed by atoms with Crippen LogP contribution in [0.3, 0.4) is 0 Å². The van der Waals surface area contributed by atoms with Gasteiger partial charge in [-0.05, 0) is 152 Å². The van der Waals surface area contributed by atoms with Crippen LogP contribution in [0.4, 0.5) is 0 Å². The molecule has 2 aromatic rings. The van der Waals surface area contributed by atoms with Gasteiger partial charge in [0.05, 0.1) is 13.2 Å². The summed E-state index contributed by atoms with van der Waals surface area (Å²) >= 11 is 0. The molecule has 2 aliphatic heterocycles. The Morgan fingerprint density at radius 3 is 1.24 bits per heavy atom. The van der Waals surface area contributed by atoms with Crippen LogP contribution in [0.2, 0.25) is 0 Å². The summed E-state index contributed by atoms with van der Waals surface area (Å²) in [5.41, 5.74) is 14.5. The highest BCUT2D eigenvalue weighted by Gasteiger charge is 2.19. The molecule has 0 amide bonds. The number of rotatable bonds is 14. The molecule has 4 nitrogen and oxygen atoms in total. The van der Waals surface area contributed by atoms with E-state index in [0.29, 0.717) is 0 Å². The summed E-state index contributed by atoms with van der Waals surface area (Å²) in [7, 11) is 0. The van der Waals surface area contributed by atoms with E-state index in [-0.39, 0.29) is 12.6 Å². The van der Waals surface area contributed by atoms with Crippen molar-refractivity contribution in [3.05, 3.63) is 152 Å². The number of allylic oxidation sites excluding steroid dienone is 16. The summed E-state index contributed by atoms with van der Waals surface area (Å²) in [4.78, 5) is 0. The molecule has 2 atom stereocenters. The summed E-state index contributed by atoms with van der Waals surface area (Å²) in [5.74, 6) is 1.87. The Morgan fingerprint density at radius 1 is 0.500 bits per heavy atom. The molecule has 2 unspecified atom stereocenters. The summed E-state index contributed by atoms with van der Waals surface area (Å²) in [6, 6.07) is 4.30. The Labute approximate surface area is 327 Å². The third-order valence-electron chi connectivity index (χ3n) is 10.3. The largest absolute Gasteiger partial charge is 0.465 e. The van der Waals surface area contributed by atoms with Gasteiger partial charge in [-0.2, -0.15) is 0 Å². The standard InChI is InChI=1S/C50H64O4/c1-35(21-17-23-37(3)27-29-45-39(5)33-47(43(9)41(45)7)53-49-25-13-15-31-51-49)19-11-12-20-36(2)22-18-24-38(4)28-30-46-40(6)34-48(44(10)42(46)8)54-50-26-14-16-32-52-50/h11-12,17-24,27-30,33-34,49-50H,13-16,25-26,31-32H2,1-10H3/b12-11+,21-17+,22-18+,29-27+,30-28+,35-19+,36-20+,37-23+,38-24+. The lowest BCUT2D eigenvalue weighted by atomic mass is 9.96. The van der Waals surface area contributed by atoms with Crippen LogP contribution in [-0.4, -0.2) is 25.8 Å². The van der Waals surface area contributed by atoms with Gasteiger partial charge in [0, 0.05) is 12.8 Å². The van der Waals surface area contributed by atoms with Gasteiger partial charge in [-0.25, -0.2) is 0 Å². The normalized spacial score (nSPS) is 19.7. The lowest BCUT2D eigenvalue weighted by Gasteiger charge is -2.25. The first-order valence-electron chi connectivity index (χ1n) is 19.8. The fourth-order valence-corrected chi connectivity index (χ4v) is 6.55. The van der Waals surface area contributed by atoms with Crippen LogP contribution < -0.4 is 9.47 Å². The zero-order valence-corrected chi connectivity index (χ0v) is 34.7. The molecule has 2 saturated heterocycles. The fourth-order valence-electron chi connectivity index (χ4n) is 6.55. The summed E-state index contributed by atoms with van der Waals surface area (Å²) in [6.45, 7) is 23.0. The quantitative estimate of drug-likeness (QED) is 0.182. The molecule has 0 radical (unpaired) electrons. The number of aryl methyl sites for hydroxylation is 2. The number of ether oxygens (including phenoxy) is 4. The molecule has 2 aromatic carbocycles. The van der Waals surface area contributed by atoms with Crippen LogP contribution in [0.1, 0.15) is 111 Å². The maximum Gasteiger partial charge on any atom is 0.199 e.